The van der Waals surface area contributed by atoms with Crippen LogP contribution in [-0.4, -0.2) is 116 Å². The SMILES string of the molecule is CO[C@@]1(COP(=O)([O-])OP(=O)([O-])OC[C@H]2O[C@@H](n3ccc(=O)[nH]c3=O)[C@H](O)[C@@H]2O)O[C@H](CO)[C@@H](O)[C@H](O)[C@H]1NC(C)=O. The summed E-state index contributed by atoms with van der Waals surface area (Å²) in [7, 11) is -10.8. The molecule has 3 heterocycles. The van der Waals surface area contributed by atoms with E-state index in [1.165, 1.54) is 0 Å². The number of rotatable bonds is 12. The Labute approximate surface area is 235 Å². The van der Waals surface area contributed by atoms with E-state index in [0.29, 0.717) is 4.57 Å². The Hall–Kier alpha value is -1.91. The molecule has 7 N–H and O–H groups in total. The normalized spacial score (nSPS) is 36.2. The van der Waals surface area contributed by atoms with E-state index in [9.17, 15) is 58.8 Å². The minimum Gasteiger partial charge on any atom is -0.756 e. The molecule has 1 aromatic heterocycles. The number of aromatic nitrogens is 2. The number of phosphoric acid groups is 2. The first-order chi connectivity index (χ1) is 19.5. The lowest BCUT2D eigenvalue weighted by Gasteiger charge is -2.49. The van der Waals surface area contributed by atoms with Crippen molar-refractivity contribution in [1.82, 2.24) is 14.9 Å². The lowest BCUT2D eigenvalue weighted by atomic mass is 9.90. The second-order valence-corrected chi connectivity index (χ2v) is 12.1. The molecule has 0 spiro atoms. The molecule has 23 heteroatoms. The molecule has 0 bridgehead atoms. The van der Waals surface area contributed by atoms with Gasteiger partial charge in [0.15, 0.2) is 6.23 Å². The van der Waals surface area contributed by atoms with Crippen LogP contribution < -0.4 is 26.4 Å². The van der Waals surface area contributed by atoms with Gasteiger partial charge >= 0.3 is 5.69 Å². The monoisotopic (exact) mass is 649 g/mol. The summed E-state index contributed by atoms with van der Waals surface area (Å²) in [6, 6.07) is -0.778. The maximum absolute atomic E-state index is 12.4. The number of aliphatic hydroxyl groups is 5. The number of H-pyrrole nitrogens is 1. The van der Waals surface area contributed by atoms with Crippen LogP contribution in [0.25, 0.3) is 0 Å². The van der Waals surface area contributed by atoms with Crippen molar-refractivity contribution in [2.75, 3.05) is 26.9 Å². The fraction of sp³-hybridized carbons (Fsp3) is 0.737. The molecule has 1 aromatic rings. The van der Waals surface area contributed by atoms with Crippen molar-refractivity contribution in [3.05, 3.63) is 33.1 Å². The summed E-state index contributed by atoms with van der Waals surface area (Å²) in [6.45, 7) is -2.28. The van der Waals surface area contributed by atoms with Gasteiger partial charge in [-0.05, 0) is 0 Å². The van der Waals surface area contributed by atoms with E-state index in [1.807, 2.05) is 4.98 Å². The van der Waals surface area contributed by atoms with Crippen LogP contribution in [0.5, 0.6) is 0 Å². The Morgan fingerprint density at radius 2 is 1.71 bits per heavy atom. The minimum absolute atomic E-state index is 0.701. The maximum Gasteiger partial charge on any atom is 0.330 e. The summed E-state index contributed by atoms with van der Waals surface area (Å²) in [5.41, 5.74) is -1.79. The van der Waals surface area contributed by atoms with E-state index < -0.39 is 107 Å². The highest BCUT2D eigenvalue weighted by molar-refractivity contribution is 7.59. The van der Waals surface area contributed by atoms with Crippen molar-refractivity contribution in [1.29, 1.82) is 0 Å². The number of aromatic amines is 1. The Morgan fingerprint density at radius 1 is 1.10 bits per heavy atom. The lowest BCUT2D eigenvalue weighted by molar-refractivity contribution is -0.340. The van der Waals surface area contributed by atoms with E-state index in [4.69, 9.17) is 14.2 Å². The van der Waals surface area contributed by atoms with Crippen LogP contribution >= 0.6 is 15.6 Å². The molecule has 2 fully saturated rings. The van der Waals surface area contributed by atoms with E-state index in [-0.39, 0.29) is 0 Å². The van der Waals surface area contributed by atoms with Crippen molar-refractivity contribution in [2.24, 2.45) is 0 Å². The smallest absolute Gasteiger partial charge is 0.330 e. The topological polar surface area (TPSA) is 321 Å². The molecule has 0 saturated carbocycles. The quantitative estimate of drug-likeness (QED) is 0.104. The van der Waals surface area contributed by atoms with Crippen molar-refractivity contribution in [3.8, 4) is 0 Å². The summed E-state index contributed by atoms with van der Waals surface area (Å²) in [5, 5.41) is 52.6. The van der Waals surface area contributed by atoms with Crippen molar-refractivity contribution in [3.63, 3.8) is 0 Å². The molecule has 2 aliphatic rings. The van der Waals surface area contributed by atoms with Crippen molar-refractivity contribution in [2.45, 2.75) is 61.6 Å². The molecule has 3 rings (SSSR count). The molecule has 2 saturated heterocycles. The zero-order chi connectivity index (χ0) is 31.6. The van der Waals surface area contributed by atoms with E-state index in [0.717, 1.165) is 26.3 Å². The average Bonchev–Trinajstić information content (AvgIpc) is 3.18. The van der Waals surface area contributed by atoms with Gasteiger partial charge in [0.2, 0.25) is 11.7 Å². The maximum atomic E-state index is 12.4. The first-order valence-electron chi connectivity index (χ1n) is 11.9. The van der Waals surface area contributed by atoms with Crippen LogP contribution in [0.15, 0.2) is 21.9 Å². The summed E-state index contributed by atoms with van der Waals surface area (Å²) < 4.78 is 54.0. The predicted molar refractivity (Wildman–Crippen MR) is 127 cm³/mol. The molecular formula is C19H29N3O18P2-2. The molecule has 2 unspecified atom stereocenters. The van der Waals surface area contributed by atoms with Gasteiger partial charge in [-0.2, -0.15) is 0 Å². The zero-order valence-corrected chi connectivity index (χ0v) is 23.6. The number of carbonyl (C=O) groups is 1. The van der Waals surface area contributed by atoms with Gasteiger partial charge in [0, 0.05) is 26.3 Å². The molecule has 42 heavy (non-hydrogen) atoms. The average molecular weight is 649 g/mol. The second-order valence-electron chi connectivity index (χ2n) is 9.12. The van der Waals surface area contributed by atoms with Gasteiger partial charge in [-0.1, -0.05) is 0 Å². The zero-order valence-electron chi connectivity index (χ0n) is 21.8. The van der Waals surface area contributed by atoms with Gasteiger partial charge in [0.05, 0.1) is 13.2 Å². The lowest BCUT2D eigenvalue weighted by Crippen LogP contribution is -2.72. The van der Waals surface area contributed by atoms with Crippen LogP contribution in [0, 0.1) is 0 Å². The third-order valence-electron chi connectivity index (χ3n) is 6.26. The highest BCUT2D eigenvalue weighted by Gasteiger charge is 2.56. The number of carbonyl (C=O) groups excluding carboxylic acids is 1. The second kappa shape index (κ2) is 13.4. The van der Waals surface area contributed by atoms with E-state index in [1.54, 1.807) is 0 Å². The number of phosphoric ester groups is 2. The Morgan fingerprint density at radius 3 is 2.29 bits per heavy atom. The van der Waals surface area contributed by atoms with E-state index in [2.05, 4.69) is 18.7 Å². The van der Waals surface area contributed by atoms with Crippen LogP contribution in [0.3, 0.4) is 0 Å². The van der Waals surface area contributed by atoms with Crippen LogP contribution in [0.1, 0.15) is 13.2 Å². The number of hydrogen-bond donors (Lipinski definition) is 7. The van der Waals surface area contributed by atoms with Gasteiger partial charge in [0.1, 0.15) is 49.3 Å². The standard InChI is InChI=1S/C19H31N3O18P2/c1-8(24)20-16-14(28)12(26)9(5-23)39-19(16,35-2)7-37-42(33,34)40-41(31,32)36-6-10-13(27)15(29)17(38-10)22-4-3-11(25)21-18(22)30/h3-4,9-10,12-17,23,26-29H,5-7H2,1-2H3,(H,20,24)(H,31,32)(H,33,34)(H,21,25,30)/p-2/t9-,10-,12-,13-,14+,15-,16-,17-,19+/m1/s1. The van der Waals surface area contributed by atoms with Gasteiger partial charge in [-0.25, -0.2) is 9.11 Å². The fourth-order valence-corrected chi connectivity index (χ4v) is 6.25. The number of ether oxygens (including phenoxy) is 3. The third kappa shape index (κ3) is 7.78. The summed E-state index contributed by atoms with van der Waals surface area (Å²) in [6.07, 6.45) is -11.2. The highest BCUT2D eigenvalue weighted by atomic mass is 31.3. The predicted octanol–water partition coefficient (Wildman–Crippen LogP) is -5.90. The molecular weight excluding hydrogens is 620 g/mol. The molecule has 0 radical (unpaired) electrons. The molecule has 2 aliphatic heterocycles. The number of nitrogens with zero attached hydrogens (tertiary/aromatic N) is 1. The largest absolute Gasteiger partial charge is 0.756 e. The van der Waals surface area contributed by atoms with Gasteiger partial charge < -0.3 is 63.9 Å². The minimum atomic E-state index is -5.88. The van der Waals surface area contributed by atoms with Gasteiger partial charge in [-0.3, -0.25) is 28.3 Å². The molecule has 240 valence electrons. The molecule has 0 aromatic carbocycles. The Bertz CT molecular complexity index is 1320. The summed E-state index contributed by atoms with van der Waals surface area (Å²) in [5.74, 6) is -3.19. The first kappa shape index (κ1) is 34.6. The number of amides is 1. The molecule has 1 amide bonds. The first-order valence-corrected chi connectivity index (χ1v) is 14.8. The summed E-state index contributed by atoms with van der Waals surface area (Å²) >= 11 is 0. The molecule has 21 nitrogen and oxygen atoms in total. The molecule has 0 aliphatic carbocycles. The number of hydrogen-bond acceptors (Lipinski definition) is 18. The van der Waals surface area contributed by atoms with Crippen LogP contribution in [0.2, 0.25) is 0 Å². The summed E-state index contributed by atoms with van der Waals surface area (Å²) in [4.78, 5) is 61.3. The van der Waals surface area contributed by atoms with Crippen LogP contribution in [0.4, 0.5) is 0 Å². The Balaban J connectivity index is 1.67. The van der Waals surface area contributed by atoms with Gasteiger partial charge in [-0.15, -0.1) is 0 Å². The number of nitrogens with one attached hydrogen (secondary N) is 2. The van der Waals surface area contributed by atoms with Crippen molar-refractivity contribution >= 4 is 21.6 Å². The highest BCUT2D eigenvalue weighted by Crippen LogP contribution is 2.56. The Kier molecular flexibility index (Phi) is 11.0. The van der Waals surface area contributed by atoms with E-state index >= 15 is 0 Å². The third-order valence-corrected chi connectivity index (χ3v) is 8.78. The molecule has 11 atom stereocenters. The van der Waals surface area contributed by atoms with Crippen molar-refractivity contribution < 1.29 is 76.8 Å². The fourth-order valence-electron chi connectivity index (χ4n) is 4.22. The van der Waals surface area contributed by atoms with Gasteiger partial charge in [0.25, 0.3) is 21.2 Å². The number of aliphatic hydroxyl groups excluding tert-OH is 5. The number of methoxy groups -OCH3 is 1. The van der Waals surface area contributed by atoms with Crippen LogP contribution in [-0.2, 0) is 41.5 Å².